The van der Waals surface area contributed by atoms with Gasteiger partial charge in [-0.1, -0.05) is 32.9 Å². The van der Waals surface area contributed by atoms with Crippen LogP contribution in [0.5, 0.6) is 5.75 Å². The third-order valence-electron chi connectivity index (χ3n) is 3.03. The second-order valence-electron chi connectivity index (χ2n) is 5.97. The third-order valence-corrected chi connectivity index (χ3v) is 3.03. The molecule has 5 nitrogen and oxygen atoms in total. The number of alkyl halides is 2. The number of rotatable bonds is 6. The van der Waals surface area contributed by atoms with Crippen LogP contribution in [0, 0.1) is 5.41 Å². The molecule has 3 N–H and O–H groups in total. The quantitative estimate of drug-likeness (QED) is 0.755. The van der Waals surface area contributed by atoms with Crippen molar-refractivity contribution in [2.45, 2.75) is 40.0 Å². The largest absolute Gasteiger partial charge is 0.435 e. The molecule has 0 aliphatic carbocycles. The van der Waals surface area contributed by atoms with Gasteiger partial charge in [-0.25, -0.2) is 4.79 Å². The smallest absolute Gasteiger partial charge is 0.387 e. The summed E-state index contributed by atoms with van der Waals surface area (Å²) in [6.07, 6.45) is -0.666. The van der Waals surface area contributed by atoms with E-state index < -0.39 is 18.7 Å². The van der Waals surface area contributed by atoms with Crippen LogP contribution in [-0.2, 0) is 6.54 Å². The highest BCUT2D eigenvalue weighted by atomic mass is 19.3. The van der Waals surface area contributed by atoms with Crippen LogP contribution in [0.15, 0.2) is 24.3 Å². The number of aliphatic hydroxyl groups is 1. The minimum Gasteiger partial charge on any atom is -0.435 e. The molecule has 124 valence electrons. The number of nitrogens with one attached hydrogen (secondary N) is 2. The summed E-state index contributed by atoms with van der Waals surface area (Å²) in [5, 5.41) is 14.9. The Balaban J connectivity index is 2.41. The third kappa shape index (κ3) is 6.71. The fourth-order valence-electron chi connectivity index (χ4n) is 1.57. The molecular formula is C15H22F2N2O3. The lowest BCUT2D eigenvalue weighted by Crippen LogP contribution is -2.43. The standard InChI is InChI=1S/C15H22F2N2O3/c1-15(2,3)12(20)9-19-14(21)18-8-10-5-4-6-11(7-10)22-13(16)17/h4-7,12-13,20H,8-9H2,1-3H3,(H2,18,19,21). The Labute approximate surface area is 128 Å². The van der Waals surface area contributed by atoms with Gasteiger partial charge in [0.1, 0.15) is 5.75 Å². The van der Waals surface area contributed by atoms with Gasteiger partial charge in [-0.3, -0.25) is 0 Å². The molecule has 0 fully saturated rings. The van der Waals surface area contributed by atoms with E-state index in [4.69, 9.17) is 0 Å². The number of aliphatic hydroxyl groups excluding tert-OH is 1. The molecule has 0 heterocycles. The molecule has 1 aromatic carbocycles. The van der Waals surface area contributed by atoms with Crippen LogP contribution in [0.25, 0.3) is 0 Å². The van der Waals surface area contributed by atoms with E-state index in [0.29, 0.717) is 5.56 Å². The fraction of sp³-hybridized carbons (Fsp3) is 0.533. The summed E-state index contributed by atoms with van der Waals surface area (Å²) < 4.78 is 28.5. The number of hydrogen-bond acceptors (Lipinski definition) is 3. The van der Waals surface area contributed by atoms with E-state index in [1.807, 2.05) is 20.8 Å². The zero-order valence-corrected chi connectivity index (χ0v) is 12.9. The van der Waals surface area contributed by atoms with E-state index in [9.17, 15) is 18.7 Å². The van der Waals surface area contributed by atoms with E-state index in [1.165, 1.54) is 12.1 Å². The van der Waals surface area contributed by atoms with Crippen LogP contribution in [-0.4, -0.2) is 30.4 Å². The number of carbonyl (C=O) groups is 1. The summed E-state index contributed by atoms with van der Waals surface area (Å²) in [7, 11) is 0. The van der Waals surface area contributed by atoms with Crippen molar-refractivity contribution in [3.63, 3.8) is 0 Å². The lowest BCUT2D eigenvalue weighted by Gasteiger charge is -2.25. The van der Waals surface area contributed by atoms with E-state index in [1.54, 1.807) is 12.1 Å². The highest BCUT2D eigenvalue weighted by Gasteiger charge is 2.22. The van der Waals surface area contributed by atoms with E-state index in [-0.39, 0.29) is 24.3 Å². The number of amides is 2. The molecule has 2 amide bonds. The first kappa shape index (κ1) is 18.2. The Kier molecular flexibility index (Phi) is 6.55. The van der Waals surface area contributed by atoms with Crippen molar-refractivity contribution in [3.8, 4) is 5.75 Å². The molecule has 0 saturated carbocycles. The molecule has 0 aromatic heterocycles. The molecule has 0 saturated heterocycles. The van der Waals surface area contributed by atoms with Crippen LogP contribution < -0.4 is 15.4 Å². The van der Waals surface area contributed by atoms with Gasteiger partial charge < -0.3 is 20.5 Å². The molecule has 0 spiro atoms. The van der Waals surface area contributed by atoms with Crippen molar-refractivity contribution >= 4 is 6.03 Å². The number of carbonyl (C=O) groups excluding carboxylic acids is 1. The summed E-state index contributed by atoms with van der Waals surface area (Å²) >= 11 is 0. The van der Waals surface area contributed by atoms with E-state index >= 15 is 0 Å². The zero-order valence-electron chi connectivity index (χ0n) is 12.9. The number of hydrogen-bond donors (Lipinski definition) is 3. The topological polar surface area (TPSA) is 70.6 Å². The van der Waals surface area contributed by atoms with Gasteiger partial charge in [-0.05, 0) is 23.1 Å². The Morgan fingerprint density at radius 1 is 1.32 bits per heavy atom. The maximum Gasteiger partial charge on any atom is 0.387 e. The minimum absolute atomic E-state index is 0.0397. The molecule has 1 unspecified atom stereocenters. The Morgan fingerprint density at radius 2 is 2.00 bits per heavy atom. The summed E-state index contributed by atoms with van der Waals surface area (Å²) in [5.74, 6) is 0.0397. The summed E-state index contributed by atoms with van der Waals surface area (Å²) in [4.78, 5) is 11.6. The van der Waals surface area contributed by atoms with Crippen molar-refractivity contribution in [3.05, 3.63) is 29.8 Å². The van der Waals surface area contributed by atoms with Crippen molar-refractivity contribution in [1.29, 1.82) is 0 Å². The maximum absolute atomic E-state index is 12.1. The molecule has 22 heavy (non-hydrogen) atoms. The number of ether oxygens (including phenoxy) is 1. The normalized spacial score (nSPS) is 12.9. The summed E-state index contributed by atoms with van der Waals surface area (Å²) in [6, 6.07) is 5.65. The highest BCUT2D eigenvalue weighted by Crippen LogP contribution is 2.18. The molecule has 1 atom stereocenters. The Morgan fingerprint density at radius 3 is 2.59 bits per heavy atom. The molecular weight excluding hydrogens is 294 g/mol. The highest BCUT2D eigenvalue weighted by molar-refractivity contribution is 5.73. The molecule has 1 aromatic rings. The first-order valence-electron chi connectivity index (χ1n) is 6.92. The van der Waals surface area contributed by atoms with Gasteiger partial charge in [0, 0.05) is 13.1 Å². The van der Waals surface area contributed by atoms with Crippen LogP contribution in [0.1, 0.15) is 26.3 Å². The predicted molar refractivity (Wildman–Crippen MR) is 78.8 cm³/mol. The van der Waals surface area contributed by atoms with Gasteiger partial charge in [0.05, 0.1) is 6.10 Å². The van der Waals surface area contributed by atoms with E-state index in [2.05, 4.69) is 15.4 Å². The van der Waals surface area contributed by atoms with Crippen LogP contribution in [0.4, 0.5) is 13.6 Å². The van der Waals surface area contributed by atoms with Gasteiger partial charge >= 0.3 is 12.6 Å². The van der Waals surface area contributed by atoms with Gasteiger partial charge in [-0.15, -0.1) is 0 Å². The number of benzene rings is 1. The lowest BCUT2D eigenvalue weighted by molar-refractivity contribution is -0.0498. The summed E-state index contributed by atoms with van der Waals surface area (Å²) in [5.41, 5.74) is 0.304. The SMILES string of the molecule is CC(C)(C)C(O)CNC(=O)NCc1cccc(OC(F)F)c1. The average molecular weight is 316 g/mol. The van der Waals surface area contributed by atoms with Crippen LogP contribution >= 0.6 is 0 Å². The predicted octanol–water partition coefficient (Wildman–Crippen LogP) is 2.49. The van der Waals surface area contributed by atoms with E-state index in [0.717, 1.165) is 0 Å². The van der Waals surface area contributed by atoms with Crippen molar-refractivity contribution in [2.75, 3.05) is 6.54 Å². The molecule has 0 bridgehead atoms. The van der Waals surface area contributed by atoms with Gasteiger partial charge in [0.2, 0.25) is 0 Å². The van der Waals surface area contributed by atoms with Crippen molar-refractivity contribution in [1.82, 2.24) is 10.6 Å². The van der Waals surface area contributed by atoms with Gasteiger partial charge in [-0.2, -0.15) is 8.78 Å². The van der Waals surface area contributed by atoms with Crippen molar-refractivity contribution in [2.24, 2.45) is 5.41 Å². The summed E-state index contributed by atoms with van der Waals surface area (Å²) in [6.45, 7) is 3.01. The molecule has 1 rings (SSSR count). The first-order chi connectivity index (χ1) is 10.2. The monoisotopic (exact) mass is 316 g/mol. The molecule has 0 aliphatic heterocycles. The van der Waals surface area contributed by atoms with Crippen molar-refractivity contribution < 1.29 is 23.4 Å². The van der Waals surface area contributed by atoms with Gasteiger partial charge in [0.15, 0.2) is 0 Å². The fourth-order valence-corrected chi connectivity index (χ4v) is 1.57. The van der Waals surface area contributed by atoms with Crippen LogP contribution in [0.2, 0.25) is 0 Å². The zero-order chi connectivity index (χ0) is 16.8. The molecule has 7 heteroatoms. The second-order valence-corrected chi connectivity index (χ2v) is 5.97. The molecule has 0 radical (unpaired) electrons. The second kappa shape index (κ2) is 7.93. The average Bonchev–Trinajstić information content (AvgIpc) is 2.41. The molecule has 0 aliphatic rings. The Hall–Kier alpha value is -1.89. The number of halogens is 2. The maximum atomic E-state index is 12.1. The first-order valence-corrected chi connectivity index (χ1v) is 6.92. The minimum atomic E-state index is -2.88. The van der Waals surface area contributed by atoms with Crippen LogP contribution in [0.3, 0.4) is 0 Å². The Bertz CT molecular complexity index is 490. The number of urea groups is 1. The van der Waals surface area contributed by atoms with Gasteiger partial charge in [0.25, 0.3) is 0 Å². The lowest BCUT2D eigenvalue weighted by atomic mass is 9.89.